The lowest BCUT2D eigenvalue weighted by Crippen LogP contribution is -2.29. The van der Waals surface area contributed by atoms with Crippen molar-refractivity contribution in [3.63, 3.8) is 0 Å². The van der Waals surface area contributed by atoms with Crippen LogP contribution in [-0.4, -0.2) is 15.3 Å². The van der Waals surface area contributed by atoms with Gasteiger partial charge in [-0.05, 0) is 78.5 Å². The number of rotatable bonds is 4. The molecule has 0 bridgehead atoms. The summed E-state index contributed by atoms with van der Waals surface area (Å²) in [4.78, 5) is 0. The first-order chi connectivity index (χ1) is 12.7. The second-order valence-electron chi connectivity index (χ2n) is 8.24. The molecule has 0 unspecified atom stereocenters. The Hall–Kier alpha value is -2.68. The van der Waals surface area contributed by atoms with Gasteiger partial charge in [-0.2, -0.15) is 0 Å². The summed E-state index contributed by atoms with van der Waals surface area (Å²) in [6.07, 6.45) is 9.19. The van der Waals surface area contributed by atoms with Crippen molar-refractivity contribution in [2.75, 3.05) is 0 Å². The van der Waals surface area contributed by atoms with E-state index in [-0.39, 0.29) is 16.9 Å². The summed E-state index contributed by atoms with van der Waals surface area (Å²) in [6.45, 7) is 6.81. The number of aromatic hydroxyl groups is 3. The smallest absolute Gasteiger partial charge is 0.119 e. The topological polar surface area (TPSA) is 60.7 Å². The Balaban J connectivity index is 1.85. The first kappa shape index (κ1) is 19.1. The number of hydrogen-bond acceptors (Lipinski definition) is 3. The molecule has 3 rings (SSSR count). The fraction of sp³-hybridized carbons (Fsp3) is 0.333. The summed E-state index contributed by atoms with van der Waals surface area (Å²) in [6, 6.07) is 10.1. The van der Waals surface area contributed by atoms with Gasteiger partial charge in [0.25, 0.3) is 0 Å². The molecule has 27 heavy (non-hydrogen) atoms. The van der Waals surface area contributed by atoms with Crippen molar-refractivity contribution in [2.24, 2.45) is 11.3 Å². The summed E-state index contributed by atoms with van der Waals surface area (Å²) >= 11 is 0. The molecule has 3 heteroatoms. The van der Waals surface area contributed by atoms with E-state index in [1.165, 1.54) is 11.6 Å². The van der Waals surface area contributed by atoms with E-state index < -0.39 is 0 Å². The van der Waals surface area contributed by atoms with E-state index in [0.29, 0.717) is 17.2 Å². The van der Waals surface area contributed by atoms with Crippen LogP contribution in [-0.2, 0) is 6.42 Å². The van der Waals surface area contributed by atoms with E-state index in [2.05, 4.69) is 26.8 Å². The minimum absolute atomic E-state index is 0.0304. The van der Waals surface area contributed by atoms with Crippen LogP contribution < -0.4 is 0 Å². The van der Waals surface area contributed by atoms with Crippen LogP contribution in [0.2, 0.25) is 0 Å². The molecule has 0 aliphatic heterocycles. The van der Waals surface area contributed by atoms with Crippen molar-refractivity contribution < 1.29 is 15.3 Å². The molecule has 1 aliphatic rings. The Morgan fingerprint density at radius 3 is 2.30 bits per heavy atom. The van der Waals surface area contributed by atoms with Gasteiger partial charge in [0.15, 0.2) is 0 Å². The molecule has 1 aliphatic carbocycles. The van der Waals surface area contributed by atoms with Gasteiger partial charge in [0.2, 0.25) is 0 Å². The lowest BCUT2D eigenvalue weighted by atomic mass is 9.66. The van der Waals surface area contributed by atoms with Crippen molar-refractivity contribution in [2.45, 2.75) is 40.0 Å². The SMILES string of the molecule is CC1=CCCC(C)(C)[C@@H]1Cc1cc(C=Cc2cc(O)cc(O)c2)ccc1O. The maximum absolute atomic E-state index is 10.4. The van der Waals surface area contributed by atoms with Crippen LogP contribution in [0.1, 0.15) is 50.3 Å². The molecule has 0 saturated carbocycles. The Morgan fingerprint density at radius 1 is 0.963 bits per heavy atom. The van der Waals surface area contributed by atoms with Crippen LogP contribution in [0.4, 0.5) is 0 Å². The van der Waals surface area contributed by atoms with Gasteiger partial charge in [-0.1, -0.05) is 43.7 Å². The lowest BCUT2D eigenvalue weighted by Gasteiger charge is -2.38. The first-order valence-corrected chi connectivity index (χ1v) is 9.44. The number of benzene rings is 2. The maximum Gasteiger partial charge on any atom is 0.119 e. The van der Waals surface area contributed by atoms with Gasteiger partial charge in [0, 0.05) is 6.07 Å². The highest BCUT2D eigenvalue weighted by Gasteiger charge is 2.33. The molecule has 0 saturated heterocycles. The van der Waals surface area contributed by atoms with E-state index >= 15 is 0 Å². The van der Waals surface area contributed by atoms with Gasteiger partial charge in [-0.15, -0.1) is 0 Å². The average Bonchev–Trinajstić information content (AvgIpc) is 2.57. The zero-order valence-electron chi connectivity index (χ0n) is 16.2. The molecule has 3 nitrogen and oxygen atoms in total. The molecule has 0 fully saturated rings. The van der Waals surface area contributed by atoms with Gasteiger partial charge in [-0.25, -0.2) is 0 Å². The molecule has 3 N–H and O–H groups in total. The molecule has 0 spiro atoms. The van der Waals surface area contributed by atoms with Gasteiger partial charge in [-0.3, -0.25) is 0 Å². The molecule has 1 atom stereocenters. The highest BCUT2D eigenvalue weighted by atomic mass is 16.3. The minimum Gasteiger partial charge on any atom is -0.508 e. The molecule has 0 heterocycles. The molecular formula is C24H28O3. The molecule has 0 radical (unpaired) electrons. The fourth-order valence-corrected chi connectivity index (χ4v) is 4.04. The normalized spacial score (nSPS) is 19.2. The number of hydrogen-bond donors (Lipinski definition) is 3. The quantitative estimate of drug-likeness (QED) is 0.468. The predicted molar refractivity (Wildman–Crippen MR) is 111 cm³/mol. The Morgan fingerprint density at radius 2 is 1.63 bits per heavy atom. The number of phenols is 3. The first-order valence-electron chi connectivity index (χ1n) is 9.44. The largest absolute Gasteiger partial charge is 0.508 e. The summed E-state index contributed by atoms with van der Waals surface area (Å²) in [7, 11) is 0. The predicted octanol–water partition coefficient (Wildman–Crippen LogP) is 5.90. The second kappa shape index (κ2) is 7.51. The summed E-state index contributed by atoms with van der Waals surface area (Å²) in [5.74, 6) is 0.807. The molecule has 0 amide bonds. The monoisotopic (exact) mass is 364 g/mol. The minimum atomic E-state index is 0.0304. The van der Waals surface area contributed by atoms with E-state index in [9.17, 15) is 15.3 Å². The number of phenolic OH excluding ortho intramolecular Hbond substituents is 3. The highest BCUT2D eigenvalue weighted by molar-refractivity contribution is 5.71. The van der Waals surface area contributed by atoms with E-state index in [0.717, 1.165) is 30.4 Å². The highest BCUT2D eigenvalue weighted by Crippen LogP contribution is 2.43. The van der Waals surface area contributed by atoms with Gasteiger partial charge >= 0.3 is 0 Å². The van der Waals surface area contributed by atoms with Crippen molar-refractivity contribution in [3.8, 4) is 17.2 Å². The summed E-state index contributed by atoms with van der Waals surface area (Å²) < 4.78 is 0. The lowest BCUT2D eigenvalue weighted by molar-refractivity contribution is 0.212. The van der Waals surface area contributed by atoms with Crippen molar-refractivity contribution >= 4 is 12.2 Å². The average molecular weight is 364 g/mol. The van der Waals surface area contributed by atoms with Gasteiger partial charge in [0.05, 0.1) is 0 Å². The van der Waals surface area contributed by atoms with Crippen LogP contribution >= 0.6 is 0 Å². The van der Waals surface area contributed by atoms with E-state index in [1.54, 1.807) is 18.2 Å². The van der Waals surface area contributed by atoms with Crippen molar-refractivity contribution in [1.82, 2.24) is 0 Å². The third-order valence-electron chi connectivity index (χ3n) is 5.67. The van der Waals surface area contributed by atoms with Crippen LogP contribution in [0.15, 0.2) is 48.0 Å². The standard InChI is InChI=1S/C24H28O3/c1-16-5-4-10-24(2,3)22(16)14-19-11-17(8-9-23(19)27)6-7-18-12-20(25)15-21(26)13-18/h5-9,11-13,15,22,25-27H,4,10,14H2,1-3H3/t22-/m1/s1. The van der Waals surface area contributed by atoms with Gasteiger partial charge in [0.1, 0.15) is 17.2 Å². The molecule has 142 valence electrons. The molecule has 2 aromatic carbocycles. The third kappa shape index (κ3) is 4.54. The summed E-state index contributed by atoms with van der Waals surface area (Å²) in [5.41, 5.74) is 4.26. The van der Waals surface area contributed by atoms with E-state index in [4.69, 9.17) is 0 Å². The van der Waals surface area contributed by atoms with E-state index in [1.807, 2.05) is 24.3 Å². The Bertz CT molecular complexity index is 870. The fourth-order valence-electron chi connectivity index (χ4n) is 4.04. The Labute approximate surface area is 161 Å². The third-order valence-corrected chi connectivity index (χ3v) is 5.67. The second-order valence-corrected chi connectivity index (χ2v) is 8.24. The molecular weight excluding hydrogens is 336 g/mol. The molecule has 0 aromatic heterocycles. The van der Waals surface area contributed by atoms with Crippen LogP contribution in [0.3, 0.4) is 0 Å². The zero-order valence-corrected chi connectivity index (χ0v) is 16.2. The van der Waals surface area contributed by atoms with Crippen molar-refractivity contribution in [1.29, 1.82) is 0 Å². The Kier molecular flexibility index (Phi) is 5.31. The molecule has 2 aromatic rings. The van der Waals surface area contributed by atoms with Crippen LogP contribution in [0.5, 0.6) is 17.2 Å². The summed E-state index contributed by atoms with van der Waals surface area (Å²) in [5, 5.41) is 29.6. The number of allylic oxidation sites excluding steroid dienone is 2. The zero-order chi connectivity index (χ0) is 19.6. The maximum atomic E-state index is 10.4. The van der Waals surface area contributed by atoms with Crippen LogP contribution in [0, 0.1) is 11.3 Å². The van der Waals surface area contributed by atoms with Crippen molar-refractivity contribution in [3.05, 3.63) is 64.7 Å². The van der Waals surface area contributed by atoms with Crippen LogP contribution in [0.25, 0.3) is 12.2 Å². The van der Waals surface area contributed by atoms with Gasteiger partial charge < -0.3 is 15.3 Å².